The third-order valence-corrected chi connectivity index (χ3v) is 4.44. The topological polar surface area (TPSA) is 48.4 Å². The summed E-state index contributed by atoms with van der Waals surface area (Å²) >= 11 is 9.57. The zero-order chi connectivity index (χ0) is 18.7. The molecule has 26 heavy (non-hydrogen) atoms. The van der Waals surface area contributed by atoms with Crippen LogP contribution in [0.4, 0.5) is 0 Å². The summed E-state index contributed by atoms with van der Waals surface area (Å²) in [5.41, 5.74) is 2.17. The molecule has 0 radical (unpaired) electrons. The summed E-state index contributed by atoms with van der Waals surface area (Å²) in [5.74, 6) is 0.745. The van der Waals surface area contributed by atoms with Crippen LogP contribution in [0.3, 0.4) is 0 Å². The minimum absolute atomic E-state index is 0.381. The van der Waals surface area contributed by atoms with Crippen molar-refractivity contribution >= 4 is 56.6 Å². The van der Waals surface area contributed by atoms with Gasteiger partial charge in [-0.3, -0.25) is 4.79 Å². The lowest BCUT2D eigenvalue weighted by molar-refractivity contribution is -0.131. The highest BCUT2D eigenvalue weighted by Crippen LogP contribution is 2.33. The van der Waals surface area contributed by atoms with Gasteiger partial charge >= 0.3 is 5.97 Å². The van der Waals surface area contributed by atoms with Crippen molar-refractivity contribution in [2.45, 2.75) is 6.92 Å². The third kappa shape index (κ3) is 4.06. The molecule has 0 N–H and O–H groups in total. The van der Waals surface area contributed by atoms with Gasteiger partial charge in [0.25, 0.3) is 0 Å². The number of rotatable bonds is 4. The Kier molecular flexibility index (Phi) is 5.59. The van der Waals surface area contributed by atoms with Crippen LogP contribution in [0.1, 0.15) is 18.2 Å². The average molecular weight is 433 g/mol. The molecule has 0 fully saturated rings. The number of esters is 1. The van der Waals surface area contributed by atoms with Crippen LogP contribution in [0, 0.1) is 0 Å². The first-order chi connectivity index (χ1) is 12.5. The maximum absolute atomic E-state index is 11.3. The predicted octanol–water partition coefficient (Wildman–Crippen LogP) is 5.76. The minimum Gasteiger partial charge on any atom is -0.495 e. The molecule has 2 aromatic carbocycles. The van der Waals surface area contributed by atoms with Gasteiger partial charge < -0.3 is 9.47 Å². The van der Waals surface area contributed by atoms with Crippen molar-refractivity contribution in [2.24, 2.45) is 0 Å². The lowest BCUT2D eigenvalue weighted by atomic mass is 10.1. The Bertz CT molecular complexity index is 1020. The number of halogens is 2. The summed E-state index contributed by atoms with van der Waals surface area (Å²) in [5, 5.41) is 1.49. The van der Waals surface area contributed by atoms with Gasteiger partial charge in [0.2, 0.25) is 0 Å². The number of nitrogens with zero attached hydrogens (tertiary/aromatic N) is 1. The van der Waals surface area contributed by atoms with Crippen molar-refractivity contribution in [2.75, 3.05) is 7.11 Å². The van der Waals surface area contributed by atoms with Crippen LogP contribution < -0.4 is 9.47 Å². The van der Waals surface area contributed by atoms with Gasteiger partial charge in [0.05, 0.1) is 17.3 Å². The van der Waals surface area contributed by atoms with Gasteiger partial charge in [-0.05, 0) is 52.3 Å². The standard InChI is InChI=1S/C20H15BrClNO3/c1-12(24)26-18-5-3-4-13-6-8-16(23-19(13)18)9-7-14-10-15(22)11-17(21)20(14)25-2/h3-11H,1-2H3. The molecule has 0 aliphatic carbocycles. The second-order valence-electron chi connectivity index (χ2n) is 5.50. The van der Waals surface area contributed by atoms with E-state index in [1.165, 1.54) is 6.92 Å². The van der Waals surface area contributed by atoms with E-state index in [0.29, 0.717) is 22.0 Å². The van der Waals surface area contributed by atoms with E-state index in [9.17, 15) is 4.79 Å². The Morgan fingerprint density at radius 3 is 2.73 bits per heavy atom. The largest absolute Gasteiger partial charge is 0.495 e. The number of hydrogen-bond donors (Lipinski definition) is 0. The van der Waals surface area contributed by atoms with Crippen molar-refractivity contribution in [1.29, 1.82) is 0 Å². The number of methoxy groups -OCH3 is 1. The highest BCUT2D eigenvalue weighted by atomic mass is 79.9. The van der Waals surface area contributed by atoms with Gasteiger partial charge in [-0.25, -0.2) is 4.98 Å². The number of fused-ring (bicyclic) bond motifs is 1. The summed E-state index contributed by atoms with van der Waals surface area (Å²) in [4.78, 5) is 15.9. The number of ether oxygens (including phenoxy) is 2. The second kappa shape index (κ2) is 7.89. The van der Waals surface area contributed by atoms with Crippen LogP contribution in [0.15, 0.2) is 46.9 Å². The number of para-hydroxylation sites is 1. The molecular weight excluding hydrogens is 418 g/mol. The fraction of sp³-hybridized carbons (Fsp3) is 0.100. The number of aromatic nitrogens is 1. The molecule has 1 heterocycles. The SMILES string of the molecule is COc1c(Br)cc(Cl)cc1C=Cc1ccc2cccc(OC(C)=O)c2n1. The molecule has 0 bridgehead atoms. The van der Waals surface area contributed by atoms with E-state index in [1.807, 2.05) is 42.5 Å². The van der Waals surface area contributed by atoms with Gasteiger partial charge in [-0.15, -0.1) is 0 Å². The van der Waals surface area contributed by atoms with E-state index in [-0.39, 0.29) is 5.97 Å². The second-order valence-corrected chi connectivity index (χ2v) is 6.79. The first-order valence-corrected chi connectivity index (χ1v) is 8.94. The molecule has 0 saturated heterocycles. The zero-order valence-corrected chi connectivity index (χ0v) is 16.5. The van der Waals surface area contributed by atoms with Crippen LogP contribution in [0.5, 0.6) is 11.5 Å². The maximum Gasteiger partial charge on any atom is 0.308 e. The Morgan fingerprint density at radius 2 is 2.00 bits per heavy atom. The van der Waals surface area contributed by atoms with Crippen LogP contribution >= 0.6 is 27.5 Å². The smallest absolute Gasteiger partial charge is 0.308 e. The normalized spacial score (nSPS) is 11.1. The molecule has 6 heteroatoms. The molecule has 0 aliphatic heterocycles. The van der Waals surface area contributed by atoms with E-state index >= 15 is 0 Å². The fourth-order valence-corrected chi connectivity index (χ4v) is 3.56. The summed E-state index contributed by atoms with van der Waals surface area (Å²) in [6.45, 7) is 1.37. The van der Waals surface area contributed by atoms with Crippen LogP contribution in [-0.4, -0.2) is 18.1 Å². The van der Waals surface area contributed by atoms with E-state index in [1.54, 1.807) is 19.2 Å². The van der Waals surface area contributed by atoms with Crippen molar-refractivity contribution in [3.63, 3.8) is 0 Å². The molecule has 132 valence electrons. The van der Waals surface area contributed by atoms with E-state index < -0.39 is 0 Å². The van der Waals surface area contributed by atoms with Gasteiger partial charge in [-0.2, -0.15) is 0 Å². The molecule has 0 saturated carbocycles. The van der Waals surface area contributed by atoms with Crippen molar-refractivity contribution in [1.82, 2.24) is 4.98 Å². The third-order valence-electron chi connectivity index (χ3n) is 3.63. The molecule has 0 atom stereocenters. The quantitative estimate of drug-likeness (QED) is 0.389. The van der Waals surface area contributed by atoms with Gasteiger partial charge in [0, 0.05) is 22.9 Å². The molecule has 3 rings (SSSR count). The Labute approximate surface area is 164 Å². The number of carbonyl (C=O) groups is 1. The molecule has 0 spiro atoms. The number of benzene rings is 2. The Hall–Kier alpha value is -2.37. The van der Waals surface area contributed by atoms with Crippen LogP contribution in [0.25, 0.3) is 23.1 Å². The highest BCUT2D eigenvalue weighted by molar-refractivity contribution is 9.10. The van der Waals surface area contributed by atoms with Crippen molar-refractivity contribution in [3.05, 3.63) is 63.2 Å². The average Bonchev–Trinajstić information content (AvgIpc) is 2.59. The first kappa shape index (κ1) is 18.4. The molecule has 0 amide bonds. The Balaban J connectivity index is 2.02. The summed E-state index contributed by atoms with van der Waals surface area (Å²) in [7, 11) is 1.60. The predicted molar refractivity (Wildman–Crippen MR) is 108 cm³/mol. The van der Waals surface area contributed by atoms with Crippen molar-refractivity contribution in [3.8, 4) is 11.5 Å². The highest BCUT2D eigenvalue weighted by Gasteiger charge is 2.08. The number of carbonyl (C=O) groups excluding carboxylic acids is 1. The summed E-state index contributed by atoms with van der Waals surface area (Å²) < 4.78 is 11.4. The van der Waals surface area contributed by atoms with Crippen LogP contribution in [-0.2, 0) is 4.79 Å². The fourth-order valence-electron chi connectivity index (χ4n) is 2.56. The lowest BCUT2D eigenvalue weighted by Gasteiger charge is -2.08. The molecule has 1 aromatic heterocycles. The van der Waals surface area contributed by atoms with E-state index in [0.717, 1.165) is 21.1 Å². The van der Waals surface area contributed by atoms with Crippen molar-refractivity contribution < 1.29 is 14.3 Å². The summed E-state index contributed by atoms with van der Waals surface area (Å²) in [6, 6.07) is 12.9. The number of hydrogen-bond acceptors (Lipinski definition) is 4. The molecule has 0 unspecified atom stereocenters. The monoisotopic (exact) mass is 431 g/mol. The molecule has 0 aliphatic rings. The Morgan fingerprint density at radius 1 is 1.19 bits per heavy atom. The molecule has 3 aromatic rings. The molecular formula is C20H15BrClNO3. The number of pyridine rings is 1. The minimum atomic E-state index is -0.381. The summed E-state index contributed by atoms with van der Waals surface area (Å²) in [6.07, 6.45) is 3.72. The van der Waals surface area contributed by atoms with Gasteiger partial charge in [0.1, 0.15) is 11.3 Å². The lowest BCUT2D eigenvalue weighted by Crippen LogP contribution is -2.02. The van der Waals surface area contributed by atoms with Gasteiger partial charge in [0.15, 0.2) is 5.75 Å². The van der Waals surface area contributed by atoms with E-state index in [2.05, 4.69) is 20.9 Å². The maximum atomic E-state index is 11.3. The van der Waals surface area contributed by atoms with Gasteiger partial charge in [-0.1, -0.05) is 29.8 Å². The molecule has 4 nitrogen and oxygen atoms in total. The van der Waals surface area contributed by atoms with Crippen LogP contribution in [0.2, 0.25) is 5.02 Å². The van der Waals surface area contributed by atoms with E-state index in [4.69, 9.17) is 21.1 Å². The zero-order valence-electron chi connectivity index (χ0n) is 14.1. The first-order valence-electron chi connectivity index (χ1n) is 7.77.